The quantitative estimate of drug-likeness (QED) is 0.434. The molecular weight excluding hydrogens is 436 g/mol. The van der Waals surface area contributed by atoms with E-state index < -0.39 is 9.85 Å². The van der Waals surface area contributed by atoms with Crippen molar-refractivity contribution in [3.05, 3.63) is 71.5 Å². The van der Waals surface area contributed by atoms with Crippen LogP contribution >= 0.6 is 27.3 Å². The van der Waals surface area contributed by atoms with Crippen LogP contribution in [0.5, 0.6) is 0 Å². The standard InChI is InChI=1S/C17H11BrN4O4S/c18-17-11-5-7-12(10-2-1-3-15(27-17)16(10)11)19-20-13-6-4-9(21(23)24)8-14(13)22(25)26/h1-4,6,8,20H,5,7H2/b19-12-. The lowest BCUT2D eigenvalue weighted by atomic mass is 9.91. The molecule has 4 rings (SSSR count). The number of benzene rings is 2. The summed E-state index contributed by atoms with van der Waals surface area (Å²) in [4.78, 5) is 20.8. The van der Waals surface area contributed by atoms with E-state index >= 15 is 0 Å². The fourth-order valence-electron chi connectivity index (χ4n) is 3.15. The number of nitro benzene ring substituents is 2. The summed E-state index contributed by atoms with van der Waals surface area (Å²) in [6.07, 6.45) is 1.51. The van der Waals surface area contributed by atoms with Crippen LogP contribution in [0.3, 0.4) is 0 Å². The van der Waals surface area contributed by atoms with Crippen molar-refractivity contribution in [3.8, 4) is 0 Å². The molecule has 27 heavy (non-hydrogen) atoms. The first-order valence-corrected chi connectivity index (χ1v) is 9.52. The third kappa shape index (κ3) is 3.06. The van der Waals surface area contributed by atoms with Gasteiger partial charge in [-0.1, -0.05) is 12.1 Å². The van der Waals surface area contributed by atoms with Gasteiger partial charge in [-0.05, 0) is 46.5 Å². The van der Waals surface area contributed by atoms with Crippen LogP contribution in [0.2, 0.25) is 0 Å². The molecule has 0 spiro atoms. The first-order chi connectivity index (χ1) is 13.0. The van der Waals surface area contributed by atoms with Crippen LogP contribution in [0.15, 0.2) is 45.3 Å². The van der Waals surface area contributed by atoms with E-state index in [0.717, 1.165) is 37.6 Å². The zero-order chi connectivity index (χ0) is 19.1. The van der Waals surface area contributed by atoms with Gasteiger partial charge in [-0.3, -0.25) is 25.7 Å². The molecule has 0 atom stereocenters. The molecule has 0 amide bonds. The van der Waals surface area contributed by atoms with E-state index in [2.05, 4.69) is 32.5 Å². The summed E-state index contributed by atoms with van der Waals surface area (Å²) in [6.45, 7) is 0. The van der Waals surface area contributed by atoms with Gasteiger partial charge in [-0.2, -0.15) is 5.10 Å². The molecule has 1 aliphatic rings. The summed E-state index contributed by atoms with van der Waals surface area (Å²) in [5.74, 6) is 0. The molecule has 0 saturated heterocycles. The third-order valence-electron chi connectivity index (χ3n) is 4.39. The smallest absolute Gasteiger partial charge is 0.271 e. The minimum absolute atomic E-state index is 0.113. The number of rotatable bonds is 4. The molecule has 1 heterocycles. The Morgan fingerprint density at radius 3 is 2.67 bits per heavy atom. The van der Waals surface area contributed by atoms with Crippen molar-refractivity contribution in [1.82, 2.24) is 0 Å². The van der Waals surface area contributed by atoms with Gasteiger partial charge in [0.2, 0.25) is 0 Å². The van der Waals surface area contributed by atoms with Crippen LogP contribution in [0.4, 0.5) is 17.1 Å². The highest BCUT2D eigenvalue weighted by Crippen LogP contribution is 2.41. The number of nitrogens with zero attached hydrogens (tertiary/aromatic N) is 3. The SMILES string of the molecule is O=[N+]([O-])c1ccc(N/N=C2/CCc3c(Br)sc4cccc2c34)c([N+](=O)[O-])c1. The van der Waals surface area contributed by atoms with Gasteiger partial charge in [0.25, 0.3) is 5.69 Å². The Labute approximate surface area is 164 Å². The maximum Gasteiger partial charge on any atom is 0.301 e. The fraction of sp³-hybridized carbons (Fsp3) is 0.118. The van der Waals surface area contributed by atoms with E-state index in [1.54, 1.807) is 11.3 Å². The van der Waals surface area contributed by atoms with E-state index in [0.29, 0.717) is 6.42 Å². The van der Waals surface area contributed by atoms with Gasteiger partial charge < -0.3 is 0 Å². The normalized spacial score (nSPS) is 14.5. The summed E-state index contributed by atoms with van der Waals surface area (Å²) in [6, 6.07) is 9.43. The summed E-state index contributed by atoms with van der Waals surface area (Å²) < 4.78 is 2.27. The van der Waals surface area contributed by atoms with E-state index in [-0.39, 0.29) is 17.1 Å². The maximum atomic E-state index is 11.3. The van der Waals surface area contributed by atoms with Crippen LogP contribution in [0.1, 0.15) is 17.5 Å². The van der Waals surface area contributed by atoms with Gasteiger partial charge in [0.15, 0.2) is 0 Å². The first-order valence-electron chi connectivity index (χ1n) is 7.91. The van der Waals surface area contributed by atoms with E-state index in [1.165, 1.54) is 17.7 Å². The van der Waals surface area contributed by atoms with Crippen LogP contribution in [0, 0.1) is 20.2 Å². The zero-order valence-corrected chi connectivity index (χ0v) is 16.0. The van der Waals surface area contributed by atoms with Crippen molar-refractivity contribution >= 4 is 60.1 Å². The molecule has 0 aliphatic heterocycles. The Kier molecular flexibility index (Phi) is 4.36. The highest BCUT2D eigenvalue weighted by atomic mass is 79.9. The van der Waals surface area contributed by atoms with Crippen LogP contribution in [-0.2, 0) is 6.42 Å². The molecule has 10 heteroatoms. The number of aryl methyl sites for hydroxylation is 1. The lowest BCUT2D eigenvalue weighted by Gasteiger charge is -2.15. The van der Waals surface area contributed by atoms with Crippen molar-refractivity contribution in [1.29, 1.82) is 0 Å². The van der Waals surface area contributed by atoms with Gasteiger partial charge in [-0.25, -0.2) is 0 Å². The Morgan fingerprint density at radius 2 is 1.93 bits per heavy atom. The van der Waals surface area contributed by atoms with E-state index in [9.17, 15) is 20.2 Å². The fourth-order valence-corrected chi connectivity index (χ4v) is 5.07. The minimum Gasteiger partial charge on any atom is -0.271 e. The molecule has 0 saturated carbocycles. The zero-order valence-electron chi connectivity index (χ0n) is 13.6. The monoisotopic (exact) mass is 446 g/mol. The number of anilines is 1. The molecule has 3 aromatic rings. The van der Waals surface area contributed by atoms with Crippen molar-refractivity contribution in [2.24, 2.45) is 5.10 Å². The van der Waals surface area contributed by atoms with Crippen molar-refractivity contribution in [2.75, 3.05) is 5.43 Å². The van der Waals surface area contributed by atoms with Crippen molar-refractivity contribution < 1.29 is 9.85 Å². The highest BCUT2D eigenvalue weighted by molar-refractivity contribution is 9.11. The molecule has 0 bridgehead atoms. The third-order valence-corrected chi connectivity index (χ3v) is 6.34. The predicted octanol–water partition coefficient (Wildman–Crippen LogP) is 5.24. The number of hydrogen-bond acceptors (Lipinski definition) is 7. The molecule has 0 fully saturated rings. The second-order valence-electron chi connectivity index (χ2n) is 5.92. The Balaban J connectivity index is 1.73. The van der Waals surface area contributed by atoms with Crippen LogP contribution in [0.25, 0.3) is 10.1 Å². The molecule has 8 nitrogen and oxygen atoms in total. The molecule has 1 aromatic heterocycles. The molecule has 0 unspecified atom stereocenters. The summed E-state index contributed by atoms with van der Waals surface area (Å²) >= 11 is 5.28. The molecule has 2 aromatic carbocycles. The van der Waals surface area contributed by atoms with Gasteiger partial charge in [0.05, 0.1) is 25.4 Å². The largest absolute Gasteiger partial charge is 0.301 e. The van der Waals surface area contributed by atoms with Gasteiger partial charge in [-0.15, -0.1) is 11.3 Å². The summed E-state index contributed by atoms with van der Waals surface area (Å²) in [7, 11) is 0. The number of hydrazone groups is 1. The van der Waals surface area contributed by atoms with Crippen molar-refractivity contribution in [3.63, 3.8) is 0 Å². The number of non-ortho nitro benzene ring substituents is 1. The van der Waals surface area contributed by atoms with E-state index in [4.69, 9.17) is 0 Å². The lowest BCUT2D eigenvalue weighted by molar-refractivity contribution is -0.393. The number of nitro groups is 2. The Morgan fingerprint density at radius 1 is 1.11 bits per heavy atom. The summed E-state index contributed by atoms with van der Waals surface area (Å²) in [5.41, 5.74) is 5.16. The molecule has 1 N–H and O–H groups in total. The number of hydrogen-bond donors (Lipinski definition) is 1. The molecule has 136 valence electrons. The van der Waals surface area contributed by atoms with Crippen LogP contribution < -0.4 is 5.43 Å². The number of thiophene rings is 1. The average Bonchev–Trinajstić information content (AvgIpc) is 2.98. The average molecular weight is 447 g/mol. The maximum absolute atomic E-state index is 11.3. The number of halogens is 1. The Bertz CT molecular complexity index is 1140. The predicted molar refractivity (Wildman–Crippen MR) is 108 cm³/mol. The van der Waals surface area contributed by atoms with Crippen LogP contribution in [-0.4, -0.2) is 15.6 Å². The first kappa shape index (κ1) is 17.6. The molecule has 0 radical (unpaired) electrons. The van der Waals surface area contributed by atoms with Gasteiger partial charge in [0, 0.05) is 21.7 Å². The summed E-state index contributed by atoms with van der Waals surface area (Å²) in [5, 5.41) is 27.6. The molecular formula is C17H11BrN4O4S. The van der Waals surface area contributed by atoms with Gasteiger partial charge >= 0.3 is 5.69 Å². The number of nitrogens with one attached hydrogen (secondary N) is 1. The second kappa shape index (κ2) is 6.71. The topological polar surface area (TPSA) is 111 Å². The minimum atomic E-state index is -0.666. The van der Waals surface area contributed by atoms with Gasteiger partial charge in [0.1, 0.15) is 5.69 Å². The molecule has 1 aliphatic carbocycles. The van der Waals surface area contributed by atoms with Crippen molar-refractivity contribution in [2.45, 2.75) is 12.8 Å². The second-order valence-corrected chi connectivity index (χ2v) is 8.29. The lowest BCUT2D eigenvalue weighted by Crippen LogP contribution is -2.12. The van der Waals surface area contributed by atoms with E-state index in [1.807, 2.05) is 12.1 Å². The Hall–Kier alpha value is -2.85. The highest BCUT2D eigenvalue weighted by Gasteiger charge is 2.23.